The van der Waals surface area contributed by atoms with Crippen LogP contribution in [0.2, 0.25) is 0 Å². The van der Waals surface area contributed by atoms with E-state index in [1.165, 1.54) is 11.6 Å². The fourth-order valence-electron chi connectivity index (χ4n) is 6.52. The predicted molar refractivity (Wildman–Crippen MR) is 170 cm³/mol. The molecule has 8 heteroatoms. The Labute approximate surface area is 260 Å². The summed E-state index contributed by atoms with van der Waals surface area (Å²) in [7, 11) is 0. The van der Waals surface area contributed by atoms with Gasteiger partial charge in [-0.3, -0.25) is 9.78 Å². The molecule has 3 aromatic carbocycles. The van der Waals surface area contributed by atoms with Gasteiger partial charge >= 0.3 is 5.97 Å². The van der Waals surface area contributed by atoms with E-state index in [0.29, 0.717) is 41.9 Å². The number of amides is 1. The van der Waals surface area contributed by atoms with Crippen molar-refractivity contribution in [2.75, 3.05) is 0 Å². The van der Waals surface area contributed by atoms with E-state index in [4.69, 9.17) is 5.73 Å². The maximum absolute atomic E-state index is 15.4. The lowest BCUT2D eigenvalue weighted by molar-refractivity contribution is 0.0693. The second kappa shape index (κ2) is 11.8. The molecule has 4 N–H and O–H groups in total. The zero-order chi connectivity index (χ0) is 31.1. The van der Waals surface area contributed by atoms with Crippen molar-refractivity contribution >= 4 is 11.9 Å². The number of nitrogens with zero attached hydrogens (tertiary/aromatic N) is 2. The summed E-state index contributed by atoms with van der Waals surface area (Å²) in [6, 6.07) is 25.8. The van der Waals surface area contributed by atoms with E-state index in [2.05, 4.69) is 34.6 Å². The molecule has 1 fully saturated rings. The van der Waals surface area contributed by atoms with Gasteiger partial charge in [-0.2, -0.15) is 0 Å². The average Bonchev–Trinajstić information content (AvgIpc) is 3.84. The first-order valence-electron chi connectivity index (χ1n) is 15.3. The van der Waals surface area contributed by atoms with Gasteiger partial charge in [0.2, 0.25) is 0 Å². The minimum atomic E-state index is -1.09. The van der Waals surface area contributed by atoms with Crippen molar-refractivity contribution in [3.05, 3.63) is 142 Å². The van der Waals surface area contributed by atoms with Crippen LogP contribution in [0.4, 0.5) is 4.39 Å². The van der Waals surface area contributed by atoms with Crippen LogP contribution >= 0.6 is 0 Å². The highest BCUT2D eigenvalue weighted by Gasteiger charge is 2.40. The molecule has 0 aliphatic heterocycles. The number of benzene rings is 3. The Bertz CT molecular complexity index is 1930. The number of nitrogens with two attached hydrogens (primary N) is 1. The number of carboxylic acids is 1. The van der Waals surface area contributed by atoms with Crippen molar-refractivity contribution < 1.29 is 19.1 Å². The number of carboxylic acid groups (broad SMARTS) is 1. The molecule has 1 unspecified atom stereocenters. The molecule has 7 nitrogen and oxygen atoms in total. The number of fused-ring (bicyclic) bond motifs is 3. The topological polar surface area (TPSA) is 110 Å². The van der Waals surface area contributed by atoms with Crippen molar-refractivity contribution in [1.29, 1.82) is 0 Å². The summed E-state index contributed by atoms with van der Waals surface area (Å²) in [5, 5.41) is 13.4. The Morgan fingerprint density at radius 1 is 0.956 bits per heavy atom. The SMILES string of the molecule is NC(c1c(C(=O)O)c2c(n1-c1ccccc1F)-c1cc(C(=O)NCc3cccc(Cc4ccccc4)c3)ncc1CC2)C1CC1. The van der Waals surface area contributed by atoms with Gasteiger partial charge in [0.05, 0.1) is 22.6 Å². The predicted octanol–water partition coefficient (Wildman–Crippen LogP) is 6.41. The van der Waals surface area contributed by atoms with E-state index in [1.54, 1.807) is 35.0 Å². The standard InChI is InChI=1S/C37H33FN4O3/c38-29-11-4-5-12-31(29)42-34-27(32(37(44)45)35(42)33(39)25-13-14-25)16-15-26-21-40-30(19-28(26)34)36(43)41-20-24-10-6-9-23(18-24)17-22-7-2-1-3-8-22/h1-12,18-19,21,25,33H,13-17,20,39H2,(H,41,43)(H,44,45). The van der Waals surface area contributed by atoms with E-state index < -0.39 is 17.8 Å². The second-order valence-electron chi connectivity index (χ2n) is 11.9. The Hall–Kier alpha value is -5.08. The molecular formula is C37H33FN4O3. The minimum absolute atomic E-state index is 0.134. The number of aryl methyl sites for hydroxylation is 1. The van der Waals surface area contributed by atoms with Gasteiger partial charge in [0.15, 0.2) is 0 Å². The summed E-state index contributed by atoms with van der Waals surface area (Å²) in [6.45, 7) is 0.320. The van der Waals surface area contributed by atoms with Crippen LogP contribution in [0.25, 0.3) is 16.9 Å². The summed E-state index contributed by atoms with van der Waals surface area (Å²) >= 11 is 0. The molecule has 2 aromatic heterocycles. The average molecular weight is 601 g/mol. The van der Waals surface area contributed by atoms with Gasteiger partial charge in [-0.15, -0.1) is 0 Å². The van der Waals surface area contributed by atoms with Gasteiger partial charge < -0.3 is 20.7 Å². The van der Waals surface area contributed by atoms with Crippen LogP contribution < -0.4 is 11.1 Å². The number of carbonyl (C=O) groups excluding carboxylic acids is 1. The van der Waals surface area contributed by atoms with Crippen molar-refractivity contribution in [3.8, 4) is 16.9 Å². The minimum Gasteiger partial charge on any atom is -0.478 e. The molecule has 1 saturated carbocycles. The molecule has 226 valence electrons. The number of halogens is 1. The molecule has 0 saturated heterocycles. The van der Waals surface area contributed by atoms with E-state index in [-0.39, 0.29) is 28.8 Å². The van der Waals surface area contributed by atoms with Crippen LogP contribution in [0.3, 0.4) is 0 Å². The first-order chi connectivity index (χ1) is 21.9. The van der Waals surface area contributed by atoms with Crippen molar-refractivity contribution in [2.24, 2.45) is 11.7 Å². The summed E-state index contributed by atoms with van der Waals surface area (Å²) < 4.78 is 17.1. The van der Waals surface area contributed by atoms with E-state index in [1.807, 2.05) is 30.3 Å². The van der Waals surface area contributed by atoms with Gasteiger partial charge in [-0.1, -0.05) is 66.7 Å². The number of nitrogens with one attached hydrogen (secondary N) is 1. The van der Waals surface area contributed by atoms with Crippen LogP contribution in [0, 0.1) is 11.7 Å². The zero-order valence-electron chi connectivity index (χ0n) is 24.7. The fourth-order valence-corrected chi connectivity index (χ4v) is 6.52. The summed E-state index contributed by atoms with van der Waals surface area (Å²) in [5.74, 6) is -1.78. The van der Waals surface area contributed by atoms with Gasteiger partial charge in [0.25, 0.3) is 5.91 Å². The molecular weight excluding hydrogens is 567 g/mol. The molecule has 1 amide bonds. The fraction of sp³-hybridized carbons (Fsp3) is 0.216. The maximum atomic E-state index is 15.4. The van der Waals surface area contributed by atoms with Crippen LogP contribution in [0.15, 0.2) is 91.1 Å². The van der Waals surface area contributed by atoms with Crippen LogP contribution in [-0.4, -0.2) is 26.5 Å². The largest absolute Gasteiger partial charge is 0.478 e. The van der Waals surface area contributed by atoms with Crippen LogP contribution in [-0.2, 0) is 25.8 Å². The molecule has 45 heavy (non-hydrogen) atoms. The number of rotatable bonds is 9. The first kappa shape index (κ1) is 28.7. The van der Waals surface area contributed by atoms with Gasteiger partial charge in [-0.25, -0.2) is 9.18 Å². The molecule has 2 heterocycles. The number of aromatic carboxylic acids is 1. The van der Waals surface area contributed by atoms with Crippen LogP contribution in [0.1, 0.15) is 73.2 Å². The number of para-hydroxylation sites is 1. The van der Waals surface area contributed by atoms with Crippen LogP contribution in [0.5, 0.6) is 0 Å². The number of pyridine rings is 1. The first-order valence-corrected chi connectivity index (χ1v) is 15.3. The third-order valence-electron chi connectivity index (χ3n) is 8.88. The molecule has 0 radical (unpaired) electrons. The van der Waals surface area contributed by atoms with Gasteiger partial charge in [0, 0.05) is 24.3 Å². The number of hydrogen-bond donors (Lipinski definition) is 3. The normalized spacial score (nSPS) is 14.4. The van der Waals surface area contributed by atoms with E-state index >= 15 is 4.39 Å². The number of carbonyl (C=O) groups is 2. The Kier molecular flexibility index (Phi) is 7.51. The number of aromatic nitrogens is 2. The van der Waals surface area contributed by atoms with Crippen molar-refractivity contribution in [3.63, 3.8) is 0 Å². The molecule has 0 spiro atoms. The third kappa shape index (κ3) is 5.53. The van der Waals surface area contributed by atoms with Crippen molar-refractivity contribution in [2.45, 2.75) is 44.7 Å². The number of hydrogen-bond acceptors (Lipinski definition) is 4. The lowest BCUT2D eigenvalue weighted by Crippen LogP contribution is -2.24. The highest BCUT2D eigenvalue weighted by molar-refractivity contribution is 5.97. The highest BCUT2D eigenvalue weighted by atomic mass is 19.1. The molecule has 2 aliphatic rings. The maximum Gasteiger partial charge on any atom is 0.337 e. The summed E-state index contributed by atoms with van der Waals surface area (Å²) in [6.07, 6.45) is 5.26. The zero-order valence-corrected chi connectivity index (χ0v) is 24.7. The molecule has 2 aliphatic carbocycles. The third-order valence-corrected chi connectivity index (χ3v) is 8.88. The molecule has 0 bridgehead atoms. The molecule has 7 rings (SSSR count). The Morgan fingerprint density at radius 3 is 2.44 bits per heavy atom. The molecule has 5 aromatic rings. The summed E-state index contributed by atoms with van der Waals surface area (Å²) in [5.41, 5.74) is 13.7. The molecule has 1 atom stereocenters. The van der Waals surface area contributed by atoms with Crippen molar-refractivity contribution in [1.82, 2.24) is 14.9 Å². The van der Waals surface area contributed by atoms with Gasteiger partial charge in [0.1, 0.15) is 11.5 Å². The Morgan fingerprint density at radius 2 is 1.69 bits per heavy atom. The lowest BCUT2D eigenvalue weighted by atomic mass is 9.88. The quantitative estimate of drug-likeness (QED) is 0.181. The van der Waals surface area contributed by atoms with Gasteiger partial charge in [-0.05, 0) is 84.0 Å². The smallest absolute Gasteiger partial charge is 0.337 e. The lowest BCUT2D eigenvalue weighted by Gasteiger charge is -2.22. The van der Waals surface area contributed by atoms with E-state index in [9.17, 15) is 14.7 Å². The Balaban J connectivity index is 1.24. The monoisotopic (exact) mass is 600 g/mol. The second-order valence-corrected chi connectivity index (χ2v) is 11.9. The van der Waals surface area contributed by atoms with E-state index in [0.717, 1.165) is 36.0 Å². The highest BCUT2D eigenvalue weighted by Crippen LogP contribution is 2.47. The summed E-state index contributed by atoms with van der Waals surface area (Å²) in [4.78, 5) is 30.7.